The monoisotopic (exact) mass is 734 g/mol. The quantitative estimate of drug-likeness (QED) is 0.0610. The van der Waals surface area contributed by atoms with Crippen molar-refractivity contribution in [2.45, 2.75) is 21.9 Å². The number of hydrogen-bond acceptors (Lipinski definition) is 15. The molecule has 2 aromatic heterocycles. The smallest absolute Gasteiger partial charge is 0.490 e. The largest absolute Gasteiger partial charge is 0.504 e. The highest BCUT2D eigenvalue weighted by Crippen LogP contribution is 2.42. The number of nitrogens with zero attached hydrogens (tertiary/aromatic N) is 4. The zero-order valence-corrected chi connectivity index (χ0v) is 26.7. The second kappa shape index (κ2) is 14.5. The van der Waals surface area contributed by atoms with Gasteiger partial charge in [0.1, 0.15) is 29.9 Å². The van der Waals surface area contributed by atoms with Crippen LogP contribution in [-0.4, -0.2) is 101 Å². The molecule has 5 rings (SSSR count). The molecule has 2 atom stereocenters. The van der Waals surface area contributed by atoms with Gasteiger partial charge in [-0.1, -0.05) is 16.9 Å². The van der Waals surface area contributed by atoms with Gasteiger partial charge in [-0.05, 0) is 23.8 Å². The number of anilines is 1. The second-order valence-corrected chi connectivity index (χ2v) is 13.2. The summed E-state index contributed by atoms with van der Waals surface area (Å²) < 4.78 is 32.4. The lowest BCUT2D eigenvalue weighted by atomic mass is 10.0. The third-order valence-electron chi connectivity index (χ3n) is 6.07. The van der Waals surface area contributed by atoms with Crippen LogP contribution in [0.25, 0.3) is 11.3 Å². The highest BCUT2D eigenvalue weighted by molar-refractivity contribution is 8.01. The normalized spacial score (nSPS) is 17.7. The number of alkyl halides is 3. The number of benzene rings is 1. The van der Waals surface area contributed by atoms with E-state index in [0.717, 1.165) is 11.3 Å². The number of β-lactam (4-membered cyclic amide) rings is 1. The zero-order valence-electron chi connectivity index (χ0n) is 23.4. The Hall–Kier alpha value is -4.54. The van der Waals surface area contributed by atoms with Crippen LogP contribution in [0.5, 0.6) is 11.5 Å². The predicted octanol–water partition coefficient (Wildman–Crippen LogP) is 2.77. The van der Waals surface area contributed by atoms with Gasteiger partial charge in [-0.15, -0.1) is 34.4 Å². The van der Waals surface area contributed by atoms with Gasteiger partial charge in [0, 0.05) is 27.8 Å². The van der Waals surface area contributed by atoms with Crippen LogP contribution in [0.3, 0.4) is 0 Å². The summed E-state index contributed by atoms with van der Waals surface area (Å²) in [6.45, 7) is 0. The third kappa shape index (κ3) is 8.07. The van der Waals surface area contributed by atoms with E-state index in [4.69, 9.17) is 20.5 Å². The predicted molar refractivity (Wildman–Crippen MR) is 165 cm³/mol. The van der Waals surface area contributed by atoms with Crippen LogP contribution in [-0.2, 0) is 24.0 Å². The highest BCUT2D eigenvalue weighted by atomic mass is 32.2. The molecule has 0 spiro atoms. The molecule has 0 saturated carbocycles. The van der Waals surface area contributed by atoms with Gasteiger partial charge >= 0.3 is 18.1 Å². The van der Waals surface area contributed by atoms with Gasteiger partial charge in [-0.2, -0.15) is 13.2 Å². The molecular formula is C25H21F3N6O9S4. The number of carboxylic acid groups (broad SMARTS) is 2. The number of carbonyl (C=O) groups is 4. The number of oxime groups is 1. The van der Waals surface area contributed by atoms with Crippen LogP contribution in [0.2, 0.25) is 0 Å². The van der Waals surface area contributed by atoms with Gasteiger partial charge in [0.2, 0.25) is 0 Å². The van der Waals surface area contributed by atoms with Crippen molar-refractivity contribution in [3.8, 4) is 22.8 Å². The Morgan fingerprint density at radius 2 is 1.87 bits per heavy atom. The molecule has 1 saturated heterocycles. The summed E-state index contributed by atoms with van der Waals surface area (Å²) in [5.74, 6) is -5.12. The van der Waals surface area contributed by atoms with Crippen LogP contribution >= 0.6 is 46.2 Å². The first-order valence-corrected chi connectivity index (χ1v) is 16.4. The third-order valence-corrected chi connectivity index (χ3v) is 10.2. The summed E-state index contributed by atoms with van der Waals surface area (Å²) in [6, 6.07) is 3.45. The molecule has 0 radical (unpaired) electrons. The number of carbonyl (C=O) groups excluding carboxylic acids is 2. The van der Waals surface area contributed by atoms with E-state index in [1.165, 1.54) is 64.4 Å². The van der Waals surface area contributed by atoms with E-state index >= 15 is 0 Å². The fraction of sp³-hybridized carbons (Fsp3) is 0.240. The Labute approximate surface area is 277 Å². The first-order valence-electron chi connectivity index (χ1n) is 12.6. The lowest BCUT2D eigenvalue weighted by Crippen LogP contribution is -2.71. The fourth-order valence-electron chi connectivity index (χ4n) is 3.98. The maximum Gasteiger partial charge on any atom is 0.490 e. The van der Waals surface area contributed by atoms with Gasteiger partial charge in [-0.25, -0.2) is 19.6 Å². The summed E-state index contributed by atoms with van der Waals surface area (Å²) in [7, 11) is 1.27. The number of amides is 2. The molecule has 22 heteroatoms. The van der Waals surface area contributed by atoms with E-state index in [-0.39, 0.29) is 39.5 Å². The fourth-order valence-corrected chi connectivity index (χ4v) is 7.85. The highest BCUT2D eigenvalue weighted by Gasteiger charge is 2.54. The van der Waals surface area contributed by atoms with Crippen molar-refractivity contribution < 1.29 is 57.6 Å². The molecule has 0 aliphatic carbocycles. The topological polar surface area (TPSA) is 238 Å². The minimum atomic E-state index is -5.08. The van der Waals surface area contributed by atoms with Crippen molar-refractivity contribution in [3.63, 3.8) is 0 Å². The van der Waals surface area contributed by atoms with E-state index in [1.807, 2.05) is 0 Å². The number of nitrogens with one attached hydrogen (secondary N) is 1. The van der Waals surface area contributed by atoms with E-state index in [2.05, 4.69) is 20.4 Å². The molecular weight excluding hydrogens is 714 g/mol. The Morgan fingerprint density at radius 3 is 2.45 bits per heavy atom. The number of nitrogen functional groups attached to an aromatic ring is 1. The van der Waals surface area contributed by atoms with Gasteiger partial charge < -0.3 is 36.3 Å². The Bertz CT molecular complexity index is 1780. The summed E-state index contributed by atoms with van der Waals surface area (Å²) in [4.78, 5) is 61.5. The summed E-state index contributed by atoms with van der Waals surface area (Å²) in [5, 5.41) is 45.6. The average molecular weight is 735 g/mol. The van der Waals surface area contributed by atoms with E-state index in [1.54, 1.807) is 11.4 Å². The van der Waals surface area contributed by atoms with Gasteiger partial charge in [-0.3, -0.25) is 14.5 Å². The van der Waals surface area contributed by atoms with Crippen molar-refractivity contribution in [1.82, 2.24) is 20.2 Å². The Morgan fingerprint density at radius 1 is 1.17 bits per heavy atom. The lowest BCUT2D eigenvalue weighted by molar-refractivity contribution is -0.192. The van der Waals surface area contributed by atoms with Crippen LogP contribution in [0.4, 0.5) is 18.3 Å². The Balaban J connectivity index is 0.000000644. The number of phenolic OH excluding ortho intramolecular Hbond substituents is 2. The number of halogens is 3. The van der Waals surface area contributed by atoms with Crippen molar-refractivity contribution in [1.29, 1.82) is 0 Å². The number of thioether (sulfide) groups is 2. The van der Waals surface area contributed by atoms with Crippen LogP contribution < -0.4 is 11.1 Å². The first-order chi connectivity index (χ1) is 22.1. The summed E-state index contributed by atoms with van der Waals surface area (Å²) in [5.41, 5.74) is 7.36. The standard InChI is InChI=1S/C23H20N6O7S4.C2HF3O2/c1-36-28-15(12-8-38-22(24)25-12)18(32)27-16-19(33)29-17(21(34)35)10(5-37-20(16)29)6-39-23-26-11(7-40-23)9-2-3-13(30)14(31)4-9;3-2(4,5)1(6)7/h2-4,7-8,16,20,30-31H,5-6H2,1H3,(H2,24,25)(H,27,32)(H,34,35);(H,6,7)/b28-15-;/t16-,20-;/m1./s1. The second-order valence-electron chi connectivity index (χ2n) is 9.11. The number of aromatic nitrogens is 2. The molecule has 2 aliphatic heterocycles. The van der Waals surface area contributed by atoms with Crippen LogP contribution in [0.15, 0.2) is 49.7 Å². The molecule has 1 fully saturated rings. The molecule has 2 amide bonds. The lowest BCUT2D eigenvalue weighted by Gasteiger charge is -2.49. The molecule has 250 valence electrons. The molecule has 15 nitrogen and oxygen atoms in total. The molecule has 0 bridgehead atoms. The molecule has 7 N–H and O–H groups in total. The average Bonchev–Trinajstić information content (AvgIpc) is 3.67. The van der Waals surface area contributed by atoms with Crippen molar-refractivity contribution in [2.24, 2.45) is 5.16 Å². The van der Waals surface area contributed by atoms with Crippen molar-refractivity contribution in [3.05, 3.63) is 45.9 Å². The van der Waals surface area contributed by atoms with E-state index in [0.29, 0.717) is 26.9 Å². The Kier molecular flexibility index (Phi) is 10.9. The number of hydrogen-bond donors (Lipinski definition) is 6. The number of nitrogens with two attached hydrogens (primary N) is 1. The molecule has 4 heterocycles. The summed E-state index contributed by atoms with van der Waals surface area (Å²) in [6.07, 6.45) is -5.08. The molecule has 3 aromatic rings. The number of phenols is 2. The maximum absolute atomic E-state index is 13.0. The van der Waals surface area contributed by atoms with Crippen molar-refractivity contribution >= 4 is 80.8 Å². The number of rotatable bonds is 9. The number of carboxylic acids is 2. The summed E-state index contributed by atoms with van der Waals surface area (Å²) >= 11 is 5.14. The molecule has 0 unspecified atom stereocenters. The molecule has 2 aliphatic rings. The van der Waals surface area contributed by atoms with Crippen LogP contribution in [0.1, 0.15) is 5.69 Å². The number of aromatic hydroxyl groups is 2. The van der Waals surface area contributed by atoms with Gasteiger partial charge in [0.05, 0.1) is 5.69 Å². The number of aliphatic carboxylic acids is 2. The molecule has 47 heavy (non-hydrogen) atoms. The maximum atomic E-state index is 13.0. The van der Waals surface area contributed by atoms with Gasteiger partial charge in [0.25, 0.3) is 11.8 Å². The first kappa shape index (κ1) is 35.3. The van der Waals surface area contributed by atoms with E-state index in [9.17, 15) is 42.9 Å². The molecule has 1 aromatic carbocycles. The zero-order chi connectivity index (χ0) is 34.6. The van der Waals surface area contributed by atoms with Crippen LogP contribution in [0, 0.1) is 0 Å². The van der Waals surface area contributed by atoms with Crippen molar-refractivity contribution in [2.75, 3.05) is 24.3 Å². The minimum absolute atomic E-state index is 0.106. The number of fused-ring (bicyclic) bond motifs is 1. The number of thiazole rings is 2. The van der Waals surface area contributed by atoms with Gasteiger partial charge in [0.15, 0.2) is 26.7 Å². The SMILES string of the molecule is CO/N=C(\C(=O)N[C@@H]1C(=O)N2C(C(=O)O)=C(CSc3nc(-c4ccc(O)c(O)c4)cs3)CS[C@H]12)c1csc(N)n1.O=C(O)C(F)(F)F. The minimum Gasteiger partial charge on any atom is -0.504 e. The van der Waals surface area contributed by atoms with E-state index < -0.39 is 41.3 Å².